The molecule has 0 unspecified atom stereocenters. The van der Waals surface area contributed by atoms with Crippen molar-refractivity contribution in [3.8, 4) is 0 Å². The van der Waals surface area contributed by atoms with Crippen molar-refractivity contribution in [2.24, 2.45) is 0 Å². The van der Waals surface area contributed by atoms with Gasteiger partial charge >= 0.3 is 0 Å². The van der Waals surface area contributed by atoms with Crippen molar-refractivity contribution < 1.29 is 9.59 Å². The van der Waals surface area contributed by atoms with Crippen LogP contribution in [0.25, 0.3) is 6.08 Å². The molecule has 2 heteroatoms. The molecule has 0 aromatic heterocycles. The van der Waals surface area contributed by atoms with Gasteiger partial charge in [0.1, 0.15) is 0 Å². The normalized spacial score (nSPS) is 11.2. The van der Waals surface area contributed by atoms with Crippen LogP contribution in [0, 0.1) is 0 Å². The van der Waals surface area contributed by atoms with Crippen molar-refractivity contribution in [2.45, 2.75) is 32.6 Å². The highest BCUT2D eigenvalue weighted by Crippen LogP contribution is 2.05. The van der Waals surface area contributed by atoms with E-state index in [1.54, 1.807) is 18.2 Å². The van der Waals surface area contributed by atoms with E-state index in [9.17, 15) is 9.59 Å². The van der Waals surface area contributed by atoms with Crippen molar-refractivity contribution in [3.05, 3.63) is 54.1 Å². The summed E-state index contributed by atoms with van der Waals surface area (Å²) in [5.74, 6) is 0.247. The molecule has 0 atom stereocenters. The number of hydrogen-bond donors (Lipinski definition) is 0. The molecule has 2 nitrogen and oxygen atoms in total. The summed E-state index contributed by atoms with van der Waals surface area (Å²) in [6.07, 6.45) is 9.34. The molecule has 0 saturated carbocycles. The highest BCUT2D eigenvalue weighted by atomic mass is 16.1. The number of ketones is 2. The molecule has 0 aliphatic heterocycles. The summed E-state index contributed by atoms with van der Waals surface area (Å²) in [5.41, 5.74) is 1.03. The van der Waals surface area contributed by atoms with Gasteiger partial charge in [0.2, 0.25) is 0 Å². The van der Waals surface area contributed by atoms with Gasteiger partial charge in [0, 0.05) is 12.8 Å². The molecule has 0 spiro atoms. The van der Waals surface area contributed by atoms with Crippen LogP contribution in [0.3, 0.4) is 0 Å². The van der Waals surface area contributed by atoms with Crippen molar-refractivity contribution in [2.75, 3.05) is 0 Å². The van der Waals surface area contributed by atoms with E-state index in [2.05, 4.69) is 0 Å². The third-order valence-corrected chi connectivity index (χ3v) is 2.71. The smallest absolute Gasteiger partial charge is 0.155 e. The van der Waals surface area contributed by atoms with Crippen molar-refractivity contribution in [1.82, 2.24) is 0 Å². The molecule has 0 aliphatic rings. The SMILES string of the molecule is C/C=C/C(=O)CCCCC(=O)/C=C/c1ccccc1. The summed E-state index contributed by atoms with van der Waals surface area (Å²) < 4.78 is 0. The third kappa shape index (κ3) is 7.14. The standard InChI is InChI=1S/C17H20O2/c1-2-8-16(18)11-6-7-12-17(19)14-13-15-9-4-3-5-10-15/h2-5,8-10,13-14H,6-7,11-12H2,1H3/b8-2+,14-13+. The molecule has 0 N–H and O–H groups in total. The minimum Gasteiger partial charge on any atom is -0.295 e. The number of rotatable bonds is 8. The van der Waals surface area contributed by atoms with Crippen LogP contribution in [0.4, 0.5) is 0 Å². The summed E-state index contributed by atoms with van der Waals surface area (Å²) in [5, 5.41) is 0. The first kappa shape index (κ1) is 15.1. The lowest BCUT2D eigenvalue weighted by molar-refractivity contribution is -0.116. The van der Waals surface area contributed by atoms with Gasteiger partial charge in [0.25, 0.3) is 0 Å². The molecule has 100 valence electrons. The zero-order chi connectivity index (χ0) is 13.9. The summed E-state index contributed by atoms with van der Waals surface area (Å²) in [6, 6.07) is 9.74. The van der Waals surface area contributed by atoms with Crippen LogP contribution in [0.5, 0.6) is 0 Å². The fourth-order valence-electron chi connectivity index (χ4n) is 1.70. The molecule has 0 saturated heterocycles. The Hall–Kier alpha value is -1.96. The second-order valence-electron chi connectivity index (χ2n) is 4.38. The summed E-state index contributed by atoms with van der Waals surface area (Å²) in [6.45, 7) is 1.83. The highest BCUT2D eigenvalue weighted by Gasteiger charge is 1.99. The van der Waals surface area contributed by atoms with E-state index in [1.165, 1.54) is 0 Å². The van der Waals surface area contributed by atoms with Crippen LogP contribution in [-0.2, 0) is 9.59 Å². The lowest BCUT2D eigenvalue weighted by Gasteiger charge is -1.96. The van der Waals surface area contributed by atoms with Gasteiger partial charge in [0.05, 0.1) is 0 Å². The van der Waals surface area contributed by atoms with Gasteiger partial charge in [-0.25, -0.2) is 0 Å². The van der Waals surface area contributed by atoms with Crippen LogP contribution in [0.15, 0.2) is 48.6 Å². The maximum atomic E-state index is 11.6. The number of hydrogen-bond acceptors (Lipinski definition) is 2. The fraction of sp³-hybridized carbons (Fsp3) is 0.294. The molecule has 0 heterocycles. The second-order valence-corrected chi connectivity index (χ2v) is 4.38. The van der Waals surface area contributed by atoms with Crippen LogP contribution in [0.1, 0.15) is 38.2 Å². The van der Waals surface area contributed by atoms with Crippen LogP contribution in [0.2, 0.25) is 0 Å². The Bertz CT molecular complexity index is 455. The molecule has 0 fully saturated rings. The lowest BCUT2D eigenvalue weighted by Crippen LogP contribution is -1.95. The van der Waals surface area contributed by atoms with E-state index >= 15 is 0 Å². The van der Waals surface area contributed by atoms with Gasteiger partial charge in [-0.3, -0.25) is 9.59 Å². The van der Waals surface area contributed by atoms with Crippen molar-refractivity contribution >= 4 is 17.6 Å². The minimum absolute atomic E-state index is 0.113. The molecular formula is C17H20O2. The van der Waals surface area contributed by atoms with E-state index in [-0.39, 0.29) is 11.6 Å². The largest absolute Gasteiger partial charge is 0.295 e. The molecule has 1 aromatic carbocycles. The number of carbonyl (C=O) groups excluding carboxylic acids is 2. The zero-order valence-corrected chi connectivity index (χ0v) is 11.3. The number of carbonyl (C=O) groups is 2. The van der Waals surface area contributed by atoms with E-state index in [0.717, 1.165) is 18.4 Å². The van der Waals surface area contributed by atoms with Crippen LogP contribution in [-0.4, -0.2) is 11.6 Å². The number of benzene rings is 1. The average molecular weight is 256 g/mol. The molecule has 1 aromatic rings. The summed E-state index contributed by atoms with van der Waals surface area (Å²) in [4.78, 5) is 22.8. The van der Waals surface area contributed by atoms with Crippen LogP contribution < -0.4 is 0 Å². The third-order valence-electron chi connectivity index (χ3n) is 2.71. The molecule has 0 bridgehead atoms. The van der Waals surface area contributed by atoms with Gasteiger partial charge in [-0.05, 0) is 37.5 Å². The maximum Gasteiger partial charge on any atom is 0.155 e. The molecule has 19 heavy (non-hydrogen) atoms. The monoisotopic (exact) mass is 256 g/mol. The Morgan fingerprint density at radius 1 is 0.947 bits per heavy atom. The quantitative estimate of drug-likeness (QED) is 0.521. The van der Waals surface area contributed by atoms with Crippen LogP contribution >= 0.6 is 0 Å². The Labute approximate surface area is 114 Å². The molecule has 0 radical (unpaired) electrons. The Kier molecular flexibility index (Phi) is 7.18. The predicted molar refractivity (Wildman–Crippen MR) is 78.8 cm³/mol. The Morgan fingerprint density at radius 3 is 2.11 bits per heavy atom. The van der Waals surface area contributed by atoms with Gasteiger partial charge < -0.3 is 0 Å². The van der Waals surface area contributed by atoms with E-state index < -0.39 is 0 Å². The van der Waals surface area contributed by atoms with E-state index in [1.807, 2.05) is 43.3 Å². The van der Waals surface area contributed by atoms with E-state index in [0.29, 0.717) is 12.8 Å². The number of unbranched alkanes of at least 4 members (excludes halogenated alkanes) is 1. The van der Waals surface area contributed by atoms with Crippen molar-refractivity contribution in [1.29, 1.82) is 0 Å². The Balaban J connectivity index is 2.22. The fourth-order valence-corrected chi connectivity index (χ4v) is 1.70. The van der Waals surface area contributed by atoms with Gasteiger partial charge in [0.15, 0.2) is 11.6 Å². The van der Waals surface area contributed by atoms with Crippen molar-refractivity contribution in [3.63, 3.8) is 0 Å². The lowest BCUT2D eigenvalue weighted by atomic mass is 10.1. The Morgan fingerprint density at radius 2 is 1.53 bits per heavy atom. The molecule has 0 amide bonds. The molecule has 0 aliphatic carbocycles. The second kappa shape index (κ2) is 9.03. The molecular weight excluding hydrogens is 236 g/mol. The average Bonchev–Trinajstić information content (AvgIpc) is 2.43. The summed E-state index contributed by atoms with van der Waals surface area (Å²) in [7, 11) is 0. The first-order chi connectivity index (χ1) is 9.22. The van der Waals surface area contributed by atoms with Gasteiger partial charge in [-0.15, -0.1) is 0 Å². The minimum atomic E-state index is 0.113. The first-order valence-electron chi connectivity index (χ1n) is 6.64. The van der Waals surface area contributed by atoms with Gasteiger partial charge in [-0.2, -0.15) is 0 Å². The number of allylic oxidation sites excluding steroid dienone is 3. The maximum absolute atomic E-state index is 11.6. The highest BCUT2D eigenvalue weighted by molar-refractivity contribution is 5.93. The topological polar surface area (TPSA) is 34.1 Å². The molecule has 1 rings (SSSR count). The first-order valence-corrected chi connectivity index (χ1v) is 6.64. The predicted octanol–water partition coefficient (Wildman–Crippen LogP) is 3.97. The van der Waals surface area contributed by atoms with E-state index in [4.69, 9.17) is 0 Å². The zero-order valence-electron chi connectivity index (χ0n) is 11.3. The summed E-state index contributed by atoms with van der Waals surface area (Å²) >= 11 is 0. The van der Waals surface area contributed by atoms with Gasteiger partial charge in [-0.1, -0.05) is 42.5 Å².